The van der Waals surface area contributed by atoms with Crippen LogP contribution < -0.4 is 10.9 Å². The first-order chi connectivity index (χ1) is 18.0. The number of carbonyl (C=O) groups is 1. The molecule has 2 N–H and O–H groups in total. The van der Waals surface area contributed by atoms with Gasteiger partial charge in [0.2, 0.25) is 0 Å². The molecule has 0 spiro atoms. The number of amides is 1. The largest absolute Gasteiger partial charge is 0.444 e. The van der Waals surface area contributed by atoms with Crippen LogP contribution in [0, 0.1) is 18.3 Å². The molecule has 4 aromatic rings. The van der Waals surface area contributed by atoms with Crippen LogP contribution in [-0.4, -0.2) is 31.7 Å². The van der Waals surface area contributed by atoms with Gasteiger partial charge in [0.1, 0.15) is 11.7 Å². The molecule has 0 aliphatic rings. The first-order valence-corrected chi connectivity index (χ1v) is 12.6. The summed E-state index contributed by atoms with van der Waals surface area (Å²) in [4.78, 5) is 24.6. The Morgan fingerprint density at radius 1 is 1.18 bits per heavy atom. The van der Waals surface area contributed by atoms with E-state index in [-0.39, 0.29) is 12.1 Å². The topological polar surface area (TPSA) is 126 Å². The number of halogens is 1. The van der Waals surface area contributed by atoms with Gasteiger partial charge in [-0.1, -0.05) is 31.5 Å². The van der Waals surface area contributed by atoms with Gasteiger partial charge in [0.15, 0.2) is 0 Å². The fourth-order valence-electron chi connectivity index (χ4n) is 3.99. The molecule has 0 unspecified atom stereocenters. The van der Waals surface area contributed by atoms with E-state index in [0.29, 0.717) is 38.2 Å². The van der Waals surface area contributed by atoms with Crippen molar-refractivity contribution in [3.8, 4) is 28.5 Å². The molecular formula is C28H31ClN6O3. The van der Waals surface area contributed by atoms with Gasteiger partial charge in [0.05, 0.1) is 35.1 Å². The van der Waals surface area contributed by atoms with Crippen molar-refractivity contribution in [1.29, 1.82) is 5.26 Å². The molecule has 0 bridgehead atoms. The zero-order valence-corrected chi connectivity index (χ0v) is 23.3. The summed E-state index contributed by atoms with van der Waals surface area (Å²) < 4.78 is 7.00. The zero-order chi connectivity index (χ0) is 28.2. The number of nitrogens with one attached hydrogen (secondary N) is 2. The molecule has 198 valence electrons. The van der Waals surface area contributed by atoms with Crippen LogP contribution in [0.15, 0.2) is 41.3 Å². The minimum Gasteiger partial charge on any atom is -0.444 e. The van der Waals surface area contributed by atoms with E-state index >= 15 is 0 Å². The van der Waals surface area contributed by atoms with Gasteiger partial charge in [-0.15, -0.1) is 0 Å². The molecule has 1 amide bonds. The van der Waals surface area contributed by atoms with Gasteiger partial charge < -0.3 is 10.1 Å². The van der Waals surface area contributed by atoms with Crippen LogP contribution >= 0.6 is 11.6 Å². The van der Waals surface area contributed by atoms with E-state index in [1.165, 1.54) is 0 Å². The van der Waals surface area contributed by atoms with Crippen LogP contribution in [0.25, 0.3) is 33.2 Å². The Bertz CT molecular complexity index is 1590. The predicted octanol–water partition coefficient (Wildman–Crippen LogP) is 5.88. The summed E-state index contributed by atoms with van der Waals surface area (Å²) in [7, 11) is 1.80. The van der Waals surface area contributed by atoms with Crippen LogP contribution in [0.3, 0.4) is 0 Å². The van der Waals surface area contributed by atoms with Gasteiger partial charge in [-0.05, 0) is 63.1 Å². The van der Waals surface area contributed by atoms with E-state index in [1.54, 1.807) is 63.8 Å². The zero-order valence-electron chi connectivity index (χ0n) is 22.6. The normalized spacial score (nSPS) is 10.9. The first-order valence-electron chi connectivity index (χ1n) is 12.2. The van der Waals surface area contributed by atoms with Crippen molar-refractivity contribution >= 4 is 28.5 Å². The van der Waals surface area contributed by atoms with Gasteiger partial charge >= 0.3 is 6.09 Å². The lowest BCUT2D eigenvalue weighted by Crippen LogP contribution is -2.32. The average molecular weight is 535 g/mol. The van der Waals surface area contributed by atoms with Crippen LogP contribution in [0.5, 0.6) is 0 Å². The Labute approximate surface area is 226 Å². The van der Waals surface area contributed by atoms with Crippen LogP contribution in [-0.2, 0) is 18.3 Å². The predicted molar refractivity (Wildman–Crippen MR) is 149 cm³/mol. The molecule has 38 heavy (non-hydrogen) atoms. The van der Waals surface area contributed by atoms with E-state index in [9.17, 15) is 14.9 Å². The molecule has 0 atom stereocenters. The second kappa shape index (κ2) is 11.5. The van der Waals surface area contributed by atoms with Crippen molar-refractivity contribution in [3.05, 3.63) is 68.7 Å². The highest BCUT2D eigenvalue weighted by atomic mass is 35.5. The molecule has 10 heteroatoms. The number of benzene rings is 2. The molecule has 2 aromatic heterocycles. The SMILES string of the molecule is CC.Cc1c(Cl)ccc(-c2c(-c3ccc4c(=O)[nH]nc(CNC(=O)OC(C)(C)C)c4c3)cnn2C)c1C#N. The molecule has 0 radical (unpaired) electrons. The number of aryl methyl sites for hydroxylation is 1. The van der Waals surface area contributed by atoms with E-state index in [0.717, 1.165) is 16.8 Å². The highest BCUT2D eigenvalue weighted by molar-refractivity contribution is 6.31. The molecule has 0 aliphatic carbocycles. The van der Waals surface area contributed by atoms with Crippen molar-refractivity contribution < 1.29 is 9.53 Å². The van der Waals surface area contributed by atoms with Crippen LogP contribution in [0.2, 0.25) is 5.02 Å². The number of hydrogen-bond acceptors (Lipinski definition) is 6. The van der Waals surface area contributed by atoms with E-state index in [2.05, 4.69) is 26.7 Å². The molecule has 0 saturated carbocycles. The fourth-order valence-corrected chi connectivity index (χ4v) is 4.15. The first kappa shape index (κ1) is 28.4. The Morgan fingerprint density at radius 2 is 1.89 bits per heavy atom. The van der Waals surface area contributed by atoms with Crippen molar-refractivity contribution in [1.82, 2.24) is 25.3 Å². The number of aromatic amines is 1. The number of aromatic nitrogens is 4. The number of rotatable bonds is 4. The highest BCUT2D eigenvalue weighted by Crippen LogP contribution is 2.37. The Morgan fingerprint density at radius 3 is 2.55 bits per heavy atom. The number of nitriles is 1. The quantitative estimate of drug-likeness (QED) is 0.337. The molecule has 2 heterocycles. The lowest BCUT2D eigenvalue weighted by Gasteiger charge is -2.19. The smallest absolute Gasteiger partial charge is 0.407 e. The maximum Gasteiger partial charge on any atom is 0.407 e. The minimum absolute atomic E-state index is 0.0561. The Hall–Kier alpha value is -4.16. The van der Waals surface area contributed by atoms with Crippen molar-refractivity contribution in [3.63, 3.8) is 0 Å². The summed E-state index contributed by atoms with van der Waals surface area (Å²) in [5.41, 5.74) is 3.62. The number of alkyl carbamates (subject to hydrolysis) is 1. The molecule has 0 fully saturated rings. The van der Waals surface area contributed by atoms with Gasteiger partial charge in [-0.3, -0.25) is 9.48 Å². The third-order valence-electron chi connectivity index (χ3n) is 5.68. The standard InChI is InChI=1S/C26H25ClN6O3.C2H6/c1-14-19(11-28)16(8-9-21(14)27)23-20(12-30-33(23)5)15-6-7-17-18(10-15)22(31-32-24(17)34)13-29-25(35)36-26(2,3)4;1-2/h6-10,12H,13H2,1-5H3,(H,29,35)(H,32,34);1-2H3. The second-order valence-electron chi connectivity index (χ2n) is 9.35. The van der Waals surface area contributed by atoms with E-state index in [1.807, 2.05) is 26.0 Å². The van der Waals surface area contributed by atoms with Gasteiger partial charge in [-0.2, -0.15) is 15.5 Å². The van der Waals surface area contributed by atoms with Crippen molar-refractivity contribution in [2.45, 2.75) is 53.7 Å². The maximum absolute atomic E-state index is 12.5. The summed E-state index contributed by atoms with van der Waals surface area (Å²) in [6.45, 7) is 11.2. The number of fused-ring (bicyclic) bond motifs is 1. The maximum atomic E-state index is 12.5. The van der Waals surface area contributed by atoms with Crippen molar-refractivity contribution in [2.24, 2.45) is 7.05 Å². The van der Waals surface area contributed by atoms with Gasteiger partial charge in [-0.25, -0.2) is 9.89 Å². The van der Waals surface area contributed by atoms with Crippen LogP contribution in [0.1, 0.15) is 51.4 Å². The monoisotopic (exact) mass is 534 g/mol. The van der Waals surface area contributed by atoms with E-state index < -0.39 is 11.7 Å². The molecule has 2 aromatic carbocycles. The molecule has 0 aliphatic heterocycles. The van der Waals surface area contributed by atoms with Crippen LogP contribution in [0.4, 0.5) is 4.79 Å². The summed E-state index contributed by atoms with van der Waals surface area (Å²) >= 11 is 6.26. The summed E-state index contributed by atoms with van der Waals surface area (Å²) in [5, 5.41) is 25.1. The molecule has 9 nitrogen and oxygen atoms in total. The third kappa shape index (κ3) is 5.87. The molecular weight excluding hydrogens is 504 g/mol. The fraction of sp³-hybridized carbons (Fsp3) is 0.321. The number of carbonyl (C=O) groups excluding carboxylic acids is 1. The summed E-state index contributed by atoms with van der Waals surface area (Å²) in [6, 6.07) is 11.2. The van der Waals surface area contributed by atoms with Gasteiger partial charge in [0.25, 0.3) is 5.56 Å². The Balaban J connectivity index is 0.00000195. The summed E-state index contributed by atoms with van der Waals surface area (Å²) in [5.74, 6) is 0. The molecule has 4 rings (SSSR count). The average Bonchev–Trinajstić information content (AvgIpc) is 3.26. The lowest BCUT2D eigenvalue weighted by molar-refractivity contribution is 0.0523. The van der Waals surface area contributed by atoms with Crippen molar-refractivity contribution in [2.75, 3.05) is 0 Å². The lowest BCUT2D eigenvalue weighted by atomic mass is 9.94. The van der Waals surface area contributed by atoms with E-state index in [4.69, 9.17) is 16.3 Å². The molecule has 0 saturated heterocycles. The highest BCUT2D eigenvalue weighted by Gasteiger charge is 2.20. The second-order valence-corrected chi connectivity index (χ2v) is 9.76. The Kier molecular flexibility index (Phi) is 8.59. The minimum atomic E-state index is -0.642. The van der Waals surface area contributed by atoms with Gasteiger partial charge in [0, 0.05) is 28.6 Å². The summed E-state index contributed by atoms with van der Waals surface area (Å²) in [6.07, 6.45) is 1.12. The number of ether oxygens (including phenoxy) is 1. The number of hydrogen-bond donors (Lipinski definition) is 2. The third-order valence-corrected chi connectivity index (χ3v) is 6.09. The number of nitrogens with zero attached hydrogens (tertiary/aromatic N) is 4. The number of H-pyrrole nitrogens is 1.